The highest BCUT2D eigenvalue weighted by Gasteiger charge is 2.22. The number of hydrogen-bond acceptors (Lipinski definition) is 3. The van der Waals surface area contributed by atoms with Gasteiger partial charge in [-0.3, -0.25) is 4.79 Å². The topological polar surface area (TPSA) is 50.7 Å². The van der Waals surface area contributed by atoms with Crippen molar-refractivity contribution in [2.24, 2.45) is 11.1 Å². The Morgan fingerprint density at radius 3 is 2.35 bits per heavy atom. The number of benzene rings is 3. The number of amides is 1. The van der Waals surface area contributed by atoms with E-state index in [1.165, 1.54) is 11.6 Å². The molecule has 43 heavy (non-hydrogen) atoms. The zero-order valence-corrected chi connectivity index (χ0v) is 26.9. The van der Waals surface area contributed by atoms with Crippen molar-refractivity contribution in [3.05, 3.63) is 124 Å². The number of allylic oxidation sites excluding steroid dienone is 2. The molecule has 5 heteroatoms. The average molecular weight is 585 g/mol. The van der Waals surface area contributed by atoms with Gasteiger partial charge in [0, 0.05) is 7.97 Å². The van der Waals surface area contributed by atoms with E-state index in [0.29, 0.717) is 17.6 Å². The predicted octanol–water partition coefficient (Wildman–Crippen LogP) is 9.26. The minimum Gasteiger partial charge on any atom is -0.390 e. The number of carbonyl (C=O) groups excluding carboxylic acids is 1. The third-order valence-electron chi connectivity index (χ3n) is 7.31. The molecule has 0 aliphatic rings. The van der Waals surface area contributed by atoms with Gasteiger partial charge in [-0.15, -0.1) is 0 Å². The van der Waals surface area contributed by atoms with Crippen molar-refractivity contribution in [1.29, 1.82) is 0 Å². The Hall–Kier alpha value is -3.99. The first-order valence-electron chi connectivity index (χ1n) is 15.3. The average Bonchev–Trinajstić information content (AvgIpc) is 2.97. The second-order valence-corrected chi connectivity index (χ2v) is 12.2. The zero-order valence-electron chi connectivity index (χ0n) is 26.9. The van der Waals surface area contributed by atoms with Crippen LogP contribution in [0.5, 0.6) is 0 Å². The van der Waals surface area contributed by atoms with Crippen molar-refractivity contribution in [2.75, 3.05) is 0 Å². The molecule has 0 heterocycles. The Balaban J connectivity index is 0.00000675. The molecule has 0 saturated carbocycles. The normalized spacial score (nSPS) is 12.6. The van der Waals surface area contributed by atoms with Crippen LogP contribution in [0, 0.1) is 11.7 Å². The standard InChI is InChI=1S/C38H47FN2O2.H2/c1-9-30-20-19-29(23-35(30)39)25-40-37(42)36(33(10-2)26(3)4)34-22-21-31(27(5)41-43-38(6,7)8)24-32(34)18-14-17-28-15-12-11-13-16-28;/h10-13,15-16,19-24,26H,2,9,14,17-18,25H2,1,3-8H3,(H,40,42);1H/b36-33-,41-27+;. The van der Waals surface area contributed by atoms with Gasteiger partial charge in [-0.1, -0.05) is 93.2 Å². The van der Waals surface area contributed by atoms with Gasteiger partial charge in [-0.25, -0.2) is 4.39 Å². The van der Waals surface area contributed by atoms with Crippen LogP contribution < -0.4 is 5.32 Å². The molecule has 0 fully saturated rings. The molecular formula is C38H49FN2O2. The van der Waals surface area contributed by atoms with Crippen molar-refractivity contribution >= 4 is 17.2 Å². The molecule has 4 nitrogen and oxygen atoms in total. The monoisotopic (exact) mass is 584 g/mol. The summed E-state index contributed by atoms with van der Waals surface area (Å²) in [6, 6.07) is 21.7. The molecule has 0 aromatic heterocycles. The van der Waals surface area contributed by atoms with Gasteiger partial charge in [0.1, 0.15) is 11.4 Å². The Labute approximate surface area is 259 Å². The van der Waals surface area contributed by atoms with Gasteiger partial charge in [-0.05, 0) is 110 Å². The largest absolute Gasteiger partial charge is 0.390 e. The highest BCUT2D eigenvalue weighted by atomic mass is 19.1. The number of hydrogen-bond donors (Lipinski definition) is 1. The molecule has 0 saturated heterocycles. The van der Waals surface area contributed by atoms with Crippen LogP contribution in [0.25, 0.3) is 5.57 Å². The van der Waals surface area contributed by atoms with Crippen LogP contribution in [0.3, 0.4) is 0 Å². The van der Waals surface area contributed by atoms with E-state index in [2.05, 4.69) is 61.2 Å². The number of aryl methyl sites for hydroxylation is 3. The van der Waals surface area contributed by atoms with Crippen LogP contribution >= 0.6 is 0 Å². The molecule has 1 amide bonds. The minimum atomic E-state index is -0.399. The van der Waals surface area contributed by atoms with E-state index < -0.39 is 5.60 Å². The highest BCUT2D eigenvalue weighted by Crippen LogP contribution is 2.30. The van der Waals surface area contributed by atoms with Gasteiger partial charge >= 0.3 is 0 Å². The van der Waals surface area contributed by atoms with Crippen LogP contribution in [0.1, 0.15) is 89.7 Å². The van der Waals surface area contributed by atoms with E-state index in [-0.39, 0.29) is 25.6 Å². The maximum atomic E-state index is 14.5. The van der Waals surface area contributed by atoms with Crippen LogP contribution in [-0.2, 0) is 35.4 Å². The number of oxime groups is 1. The number of nitrogens with zero attached hydrogens (tertiary/aromatic N) is 1. The molecule has 0 aliphatic heterocycles. The minimum absolute atomic E-state index is 0. The molecule has 3 aromatic rings. The van der Waals surface area contributed by atoms with Crippen LogP contribution in [0.2, 0.25) is 0 Å². The first kappa shape index (κ1) is 33.5. The fourth-order valence-electron chi connectivity index (χ4n) is 4.95. The maximum absolute atomic E-state index is 14.5. The summed E-state index contributed by atoms with van der Waals surface area (Å²) < 4.78 is 14.5. The number of halogens is 1. The maximum Gasteiger partial charge on any atom is 0.252 e. The van der Waals surface area contributed by atoms with Gasteiger partial charge in [0.25, 0.3) is 5.91 Å². The van der Waals surface area contributed by atoms with E-state index in [9.17, 15) is 9.18 Å². The Bertz CT molecular complexity index is 1470. The summed E-state index contributed by atoms with van der Waals surface area (Å²) in [7, 11) is 0. The molecule has 0 radical (unpaired) electrons. The third-order valence-corrected chi connectivity index (χ3v) is 7.31. The lowest BCUT2D eigenvalue weighted by molar-refractivity contribution is -0.115. The quantitative estimate of drug-likeness (QED) is 0.0942. The van der Waals surface area contributed by atoms with Crippen LogP contribution in [0.4, 0.5) is 4.39 Å². The number of rotatable bonds is 13. The van der Waals surface area contributed by atoms with Crippen molar-refractivity contribution < 1.29 is 15.4 Å². The van der Waals surface area contributed by atoms with Gasteiger partial charge < -0.3 is 10.2 Å². The summed E-state index contributed by atoms with van der Waals surface area (Å²) in [6.07, 6.45) is 5.01. The lowest BCUT2D eigenvalue weighted by Gasteiger charge is -2.20. The van der Waals surface area contributed by atoms with Crippen molar-refractivity contribution in [3.8, 4) is 0 Å². The van der Waals surface area contributed by atoms with Crippen LogP contribution in [0.15, 0.2) is 90.1 Å². The zero-order chi connectivity index (χ0) is 31.6. The second kappa shape index (κ2) is 15.5. The Morgan fingerprint density at radius 1 is 1.02 bits per heavy atom. The summed E-state index contributed by atoms with van der Waals surface area (Å²) in [4.78, 5) is 19.7. The predicted molar refractivity (Wildman–Crippen MR) is 180 cm³/mol. The summed E-state index contributed by atoms with van der Waals surface area (Å²) in [5.74, 6) is -0.385. The highest BCUT2D eigenvalue weighted by molar-refractivity contribution is 6.21. The smallest absolute Gasteiger partial charge is 0.252 e. The Morgan fingerprint density at radius 2 is 1.74 bits per heavy atom. The molecule has 3 aromatic carbocycles. The molecule has 1 N–H and O–H groups in total. The first-order chi connectivity index (χ1) is 20.4. The molecule has 0 spiro atoms. The fourth-order valence-corrected chi connectivity index (χ4v) is 4.95. The molecule has 230 valence electrons. The summed E-state index contributed by atoms with van der Waals surface area (Å²) in [5, 5.41) is 7.45. The molecule has 0 unspecified atom stereocenters. The van der Waals surface area contributed by atoms with Crippen LogP contribution in [-0.4, -0.2) is 17.2 Å². The van der Waals surface area contributed by atoms with E-state index >= 15 is 0 Å². The van der Waals surface area contributed by atoms with Gasteiger partial charge in [0.2, 0.25) is 0 Å². The SMILES string of the molecule is C=C/C(=C(/C(=O)NCc1ccc(CC)c(F)c1)c1ccc(/C(C)=N/OC(C)(C)C)cc1CCCc1ccccc1)C(C)C.[HH]. The molecular weight excluding hydrogens is 535 g/mol. The summed E-state index contributed by atoms with van der Waals surface area (Å²) in [6.45, 7) is 18.2. The fraction of sp³-hybridized carbons (Fsp3) is 0.368. The lowest BCUT2D eigenvalue weighted by Crippen LogP contribution is -2.26. The molecule has 3 rings (SSSR count). The van der Waals surface area contributed by atoms with Gasteiger partial charge in [0.05, 0.1) is 11.3 Å². The lowest BCUT2D eigenvalue weighted by atomic mass is 9.86. The van der Waals surface area contributed by atoms with Crippen molar-refractivity contribution in [2.45, 2.75) is 86.3 Å². The molecule has 0 bridgehead atoms. The van der Waals surface area contributed by atoms with E-state index in [1.807, 2.05) is 58.9 Å². The first-order valence-corrected chi connectivity index (χ1v) is 15.3. The van der Waals surface area contributed by atoms with E-state index in [0.717, 1.165) is 52.8 Å². The van der Waals surface area contributed by atoms with Crippen molar-refractivity contribution in [3.63, 3.8) is 0 Å². The van der Waals surface area contributed by atoms with Gasteiger partial charge in [0.15, 0.2) is 0 Å². The third kappa shape index (κ3) is 9.77. The summed E-state index contributed by atoms with van der Waals surface area (Å²) in [5.41, 5.74) is 7.36. The molecule has 0 aliphatic carbocycles. The van der Waals surface area contributed by atoms with E-state index in [1.54, 1.807) is 12.1 Å². The second-order valence-electron chi connectivity index (χ2n) is 12.2. The summed E-state index contributed by atoms with van der Waals surface area (Å²) >= 11 is 0. The van der Waals surface area contributed by atoms with Crippen molar-refractivity contribution in [1.82, 2.24) is 5.32 Å². The number of carbonyl (C=O) groups is 1. The van der Waals surface area contributed by atoms with E-state index in [4.69, 9.17) is 4.84 Å². The molecule has 0 atom stereocenters. The number of nitrogens with one attached hydrogen (secondary N) is 1. The van der Waals surface area contributed by atoms with Gasteiger partial charge in [-0.2, -0.15) is 0 Å². The Kier molecular flexibility index (Phi) is 12.1.